The summed E-state index contributed by atoms with van der Waals surface area (Å²) in [6.07, 6.45) is 0. The topological polar surface area (TPSA) is 66.5 Å². The van der Waals surface area contributed by atoms with E-state index in [4.69, 9.17) is 11.6 Å². The van der Waals surface area contributed by atoms with E-state index in [2.05, 4.69) is 19.2 Å². The number of hydrogen-bond acceptors (Lipinski definition) is 3. The van der Waals surface area contributed by atoms with Crippen LogP contribution < -0.4 is 9.62 Å². The van der Waals surface area contributed by atoms with Gasteiger partial charge in [0.05, 0.1) is 10.6 Å². The lowest BCUT2D eigenvalue weighted by Gasteiger charge is -2.20. The van der Waals surface area contributed by atoms with Gasteiger partial charge in [-0.1, -0.05) is 49.7 Å². The van der Waals surface area contributed by atoms with Crippen molar-refractivity contribution in [2.75, 3.05) is 16.7 Å². The van der Waals surface area contributed by atoms with E-state index in [9.17, 15) is 13.2 Å². The van der Waals surface area contributed by atoms with Gasteiger partial charge in [0, 0.05) is 23.3 Å². The van der Waals surface area contributed by atoms with Crippen molar-refractivity contribution in [2.45, 2.75) is 24.7 Å². The molecule has 0 fully saturated rings. The van der Waals surface area contributed by atoms with Crippen LogP contribution in [0, 0.1) is 0 Å². The van der Waals surface area contributed by atoms with Crippen molar-refractivity contribution in [3.63, 3.8) is 0 Å². The maximum absolute atomic E-state index is 12.9. The van der Waals surface area contributed by atoms with Gasteiger partial charge in [0.15, 0.2) is 0 Å². The lowest BCUT2D eigenvalue weighted by molar-refractivity contribution is 0.102. The van der Waals surface area contributed by atoms with Gasteiger partial charge in [0.25, 0.3) is 15.9 Å². The van der Waals surface area contributed by atoms with Gasteiger partial charge in [0.1, 0.15) is 0 Å². The quantitative estimate of drug-likeness (QED) is 0.544. The molecule has 5 nitrogen and oxygen atoms in total. The van der Waals surface area contributed by atoms with Crippen LogP contribution in [0.3, 0.4) is 0 Å². The standard InChI is InChI=1S/C23H23ClN2O3S/c1-16(2)21-9-4-5-10-22(21)25-23(27)17-7-6-8-19(15-17)26(3)30(28,29)20-13-11-18(24)12-14-20/h4-16H,1-3H3,(H,25,27). The molecule has 0 heterocycles. The monoisotopic (exact) mass is 442 g/mol. The van der Waals surface area contributed by atoms with E-state index in [-0.39, 0.29) is 16.7 Å². The van der Waals surface area contributed by atoms with E-state index in [1.54, 1.807) is 24.3 Å². The summed E-state index contributed by atoms with van der Waals surface area (Å²) >= 11 is 5.86. The van der Waals surface area contributed by atoms with Crippen LogP contribution in [0.4, 0.5) is 11.4 Å². The molecule has 0 aromatic heterocycles. The Labute approximate surface area is 182 Å². The zero-order valence-electron chi connectivity index (χ0n) is 17.0. The molecule has 1 amide bonds. The number of nitrogens with zero attached hydrogens (tertiary/aromatic N) is 1. The second kappa shape index (κ2) is 8.90. The highest BCUT2D eigenvalue weighted by Gasteiger charge is 2.22. The summed E-state index contributed by atoms with van der Waals surface area (Å²) in [6, 6.07) is 20.1. The Balaban J connectivity index is 1.87. The maximum atomic E-state index is 12.9. The first-order chi connectivity index (χ1) is 14.2. The summed E-state index contributed by atoms with van der Waals surface area (Å²) in [5.74, 6) is -0.0503. The Kier molecular flexibility index (Phi) is 6.48. The molecule has 3 aromatic rings. The molecule has 3 aromatic carbocycles. The van der Waals surface area contributed by atoms with Gasteiger partial charge in [-0.15, -0.1) is 0 Å². The van der Waals surface area contributed by atoms with Crippen LogP contribution in [-0.4, -0.2) is 21.4 Å². The molecule has 0 saturated carbocycles. The normalized spacial score (nSPS) is 11.4. The van der Waals surface area contributed by atoms with Crippen LogP contribution in [0.15, 0.2) is 77.7 Å². The minimum atomic E-state index is -3.79. The second-order valence-corrected chi connectivity index (χ2v) is 9.58. The highest BCUT2D eigenvalue weighted by Crippen LogP contribution is 2.26. The third-order valence-electron chi connectivity index (χ3n) is 4.77. The lowest BCUT2D eigenvalue weighted by Crippen LogP contribution is -2.26. The minimum Gasteiger partial charge on any atom is -0.322 e. The number of nitrogens with one attached hydrogen (secondary N) is 1. The van der Waals surface area contributed by atoms with Crippen molar-refractivity contribution in [1.82, 2.24) is 0 Å². The second-order valence-electron chi connectivity index (χ2n) is 7.17. The Morgan fingerprint density at radius 2 is 1.63 bits per heavy atom. The molecule has 0 radical (unpaired) electrons. The third kappa shape index (κ3) is 4.66. The first-order valence-corrected chi connectivity index (χ1v) is 11.3. The molecule has 1 N–H and O–H groups in total. The van der Waals surface area contributed by atoms with Crippen LogP contribution in [-0.2, 0) is 10.0 Å². The fraction of sp³-hybridized carbons (Fsp3) is 0.174. The highest BCUT2D eigenvalue weighted by molar-refractivity contribution is 7.92. The molecule has 0 aliphatic rings. The number of halogens is 1. The van der Waals surface area contributed by atoms with E-state index in [0.29, 0.717) is 16.3 Å². The molecule has 0 saturated heterocycles. The number of carbonyl (C=O) groups excluding carboxylic acids is 1. The van der Waals surface area contributed by atoms with Crippen LogP contribution in [0.2, 0.25) is 5.02 Å². The number of rotatable bonds is 6. The largest absolute Gasteiger partial charge is 0.322 e. The van der Waals surface area contributed by atoms with Crippen LogP contribution in [0.25, 0.3) is 0 Å². The first-order valence-electron chi connectivity index (χ1n) is 9.45. The predicted octanol–water partition coefficient (Wildman–Crippen LogP) is 5.54. The molecule has 30 heavy (non-hydrogen) atoms. The number of anilines is 2. The number of hydrogen-bond donors (Lipinski definition) is 1. The van der Waals surface area contributed by atoms with E-state index in [1.807, 2.05) is 24.3 Å². The van der Waals surface area contributed by atoms with Crippen molar-refractivity contribution in [3.05, 3.63) is 88.9 Å². The average molecular weight is 443 g/mol. The summed E-state index contributed by atoms with van der Waals surface area (Å²) in [5.41, 5.74) is 2.52. The molecule has 7 heteroatoms. The number of amides is 1. The van der Waals surface area contributed by atoms with Gasteiger partial charge in [0.2, 0.25) is 0 Å². The van der Waals surface area contributed by atoms with E-state index in [0.717, 1.165) is 15.6 Å². The summed E-state index contributed by atoms with van der Waals surface area (Å²) in [5, 5.41) is 3.38. The van der Waals surface area contributed by atoms with Crippen LogP contribution in [0.1, 0.15) is 35.7 Å². The zero-order valence-corrected chi connectivity index (χ0v) is 18.5. The van der Waals surface area contributed by atoms with Crippen molar-refractivity contribution in [3.8, 4) is 0 Å². The third-order valence-corrected chi connectivity index (χ3v) is 6.83. The van der Waals surface area contributed by atoms with Crippen LogP contribution in [0.5, 0.6) is 0 Å². The lowest BCUT2D eigenvalue weighted by atomic mass is 10.0. The zero-order chi connectivity index (χ0) is 21.9. The molecule has 3 rings (SSSR count). The van der Waals surface area contributed by atoms with Gasteiger partial charge in [-0.25, -0.2) is 8.42 Å². The Morgan fingerprint density at radius 3 is 2.30 bits per heavy atom. The number of para-hydroxylation sites is 1. The summed E-state index contributed by atoms with van der Waals surface area (Å²) < 4.78 is 27.0. The molecular formula is C23H23ClN2O3S. The van der Waals surface area contributed by atoms with E-state index < -0.39 is 10.0 Å². The Hall–Kier alpha value is -2.83. The molecule has 156 valence electrons. The Bertz CT molecular complexity index is 1160. The summed E-state index contributed by atoms with van der Waals surface area (Å²) in [4.78, 5) is 12.9. The number of carbonyl (C=O) groups is 1. The summed E-state index contributed by atoms with van der Waals surface area (Å²) in [7, 11) is -2.33. The molecule has 0 bridgehead atoms. The number of benzene rings is 3. The van der Waals surface area contributed by atoms with Gasteiger partial charge in [-0.3, -0.25) is 9.10 Å². The smallest absolute Gasteiger partial charge is 0.264 e. The van der Waals surface area contributed by atoms with Gasteiger partial charge in [-0.2, -0.15) is 0 Å². The molecule has 0 aliphatic heterocycles. The maximum Gasteiger partial charge on any atom is 0.264 e. The highest BCUT2D eigenvalue weighted by atomic mass is 35.5. The molecule has 0 spiro atoms. The van der Waals surface area contributed by atoms with Crippen molar-refractivity contribution < 1.29 is 13.2 Å². The van der Waals surface area contributed by atoms with Gasteiger partial charge >= 0.3 is 0 Å². The van der Waals surface area contributed by atoms with Gasteiger partial charge < -0.3 is 5.32 Å². The molecule has 0 unspecified atom stereocenters. The minimum absolute atomic E-state index is 0.120. The fourth-order valence-corrected chi connectivity index (χ4v) is 4.37. The fourth-order valence-electron chi connectivity index (χ4n) is 3.06. The van der Waals surface area contributed by atoms with E-state index >= 15 is 0 Å². The van der Waals surface area contributed by atoms with Crippen molar-refractivity contribution in [2.24, 2.45) is 0 Å². The molecular weight excluding hydrogens is 420 g/mol. The first kappa shape index (κ1) is 21.9. The van der Waals surface area contributed by atoms with Crippen LogP contribution >= 0.6 is 11.6 Å². The molecule has 0 atom stereocenters. The summed E-state index contributed by atoms with van der Waals surface area (Å²) in [6.45, 7) is 4.12. The predicted molar refractivity (Wildman–Crippen MR) is 122 cm³/mol. The van der Waals surface area contributed by atoms with E-state index in [1.165, 1.54) is 31.3 Å². The van der Waals surface area contributed by atoms with Crippen molar-refractivity contribution in [1.29, 1.82) is 0 Å². The average Bonchev–Trinajstić information content (AvgIpc) is 2.73. The van der Waals surface area contributed by atoms with Gasteiger partial charge in [-0.05, 0) is 60.0 Å². The Morgan fingerprint density at radius 1 is 0.967 bits per heavy atom. The molecule has 0 aliphatic carbocycles. The SMILES string of the molecule is CC(C)c1ccccc1NC(=O)c1cccc(N(C)S(=O)(=O)c2ccc(Cl)cc2)c1. The van der Waals surface area contributed by atoms with Crippen molar-refractivity contribution >= 4 is 38.9 Å². The number of sulfonamides is 1.